The second-order valence-electron chi connectivity index (χ2n) is 28.8. The number of aliphatic hydroxyl groups is 2. The number of hydrogen-bond donors (Lipinski definition) is 3. The predicted molar refractivity (Wildman–Crippen MR) is 394 cm³/mol. The molecule has 0 radical (unpaired) electrons. The van der Waals surface area contributed by atoms with Gasteiger partial charge in [0.05, 0.1) is 25.4 Å². The second-order valence-corrected chi connectivity index (χ2v) is 28.8. The third-order valence-electron chi connectivity index (χ3n) is 19.8. The van der Waals surface area contributed by atoms with E-state index in [-0.39, 0.29) is 18.5 Å². The van der Waals surface area contributed by atoms with Crippen molar-refractivity contribution in [3.8, 4) is 0 Å². The molecule has 6 heteroatoms. The van der Waals surface area contributed by atoms with Crippen LogP contribution < -0.4 is 5.32 Å². The molecule has 0 rings (SSSR count). The maximum atomic E-state index is 12.6. The minimum atomic E-state index is -0.661. The van der Waals surface area contributed by atoms with Crippen LogP contribution in [0.1, 0.15) is 483 Å². The summed E-state index contributed by atoms with van der Waals surface area (Å²) >= 11 is 0. The van der Waals surface area contributed by atoms with E-state index in [4.69, 9.17) is 4.74 Å². The minimum Gasteiger partial charge on any atom is -0.466 e. The molecule has 2 atom stereocenters. The lowest BCUT2D eigenvalue weighted by Gasteiger charge is -2.22. The van der Waals surface area contributed by atoms with E-state index in [2.05, 4.69) is 31.3 Å². The normalized spacial score (nSPS) is 12.4. The molecule has 1 amide bonds. The first-order chi connectivity index (χ1) is 44.0. The van der Waals surface area contributed by atoms with Gasteiger partial charge in [-0.05, 0) is 51.4 Å². The standard InChI is InChI=1S/C83H163NO5/c1-3-5-7-9-11-13-15-17-18-19-20-21-22-36-39-42-45-48-52-55-59-63-67-71-75-81(86)80(79-85)84-82(87)76-72-68-64-60-56-53-49-46-43-40-37-34-32-30-28-26-24-23-25-27-29-31-33-35-38-41-44-47-50-54-58-62-66-70-74-78-89-83(88)77-73-69-65-61-57-51-16-14-12-10-8-6-4-2/h14,16,80-81,85-86H,3-13,15,17-79H2,1-2H3,(H,84,87)/b16-14-. The molecule has 0 heterocycles. The lowest BCUT2D eigenvalue weighted by molar-refractivity contribution is -0.143. The Morgan fingerprint density at radius 2 is 0.528 bits per heavy atom. The van der Waals surface area contributed by atoms with Crippen LogP contribution in [0, 0.1) is 0 Å². The van der Waals surface area contributed by atoms with E-state index in [9.17, 15) is 19.8 Å². The molecule has 0 spiro atoms. The molecule has 0 aliphatic carbocycles. The zero-order valence-corrected chi connectivity index (χ0v) is 61.0. The predicted octanol–water partition coefficient (Wildman–Crippen LogP) is 27.4. The van der Waals surface area contributed by atoms with E-state index in [0.29, 0.717) is 25.9 Å². The molecule has 0 aromatic heterocycles. The molecular formula is C83H163NO5. The van der Waals surface area contributed by atoms with Gasteiger partial charge in [0.2, 0.25) is 5.91 Å². The fourth-order valence-electron chi connectivity index (χ4n) is 13.5. The molecule has 0 fully saturated rings. The molecule has 6 nitrogen and oxygen atoms in total. The summed E-state index contributed by atoms with van der Waals surface area (Å²) in [4.78, 5) is 24.6. The van der Waals surface area contributed by atoms with Crippen molar-refractivity contribution in [2.45, 2.75) is 495 Å². The smallest absolute Gasteiger partial charge is 0.305 e. The average molecular weight is 1260 g/mol. The van der Waals surface area contributed by atoms with E-state index in [1.165, 1.54) is 405 Å². The maximum Gasteiger partial charge on any atom is 0.305 e. The molecule has 0 aromatic rings. The fourth-order valence-corrected chi connectivity index (χ4v) is 13.5. The number of esters is 1. The summed E-state index contributed by atoms with van der Waals surface area (Å²) in [5, 5.41) is 23.5. The molecule has 0 aliphatic rings. The zero-order valence-electron chi connectivity index (χ0n) is 61.0. The third kappa shape index (κ3) is 75.5. The van der Waals surface area contributed by atoms with Gasteiger partial charge >= 0.3 is 5.97 Å². The van der Waals surface area contributed by atoms with Crippen molar-refractivity contribution in [2.24, 2.45) is 0 Å². The summed E-state index contributed by atoms with van der Waals surface area (Å²) in [6, 6.07) is -0.538. The first-order valence-electron chi connectivity index (χ1n) is 41.4. The molecule has 2 unspecified atom stereocenters. The Morgan fingerprint density at radius 1 is 0.303 bits per heavy atom. The van der Waals surface area contributed by atoms with Crippen LogP contribution in [-0.2, 0) is 14.3 Å². The van der Waals surface area contributed by atoms with Crippen molar-refractivity contribution in [3.63, 3.8) is 0 Å². The van der Waals surface area contributed by atoms with E-state index >= 15 is 0 Å². The van der Waals surface area contributed by atoms with Crippen molar-refractivity contribution in [1.82, 2.24) is 5.32 Å². The number of hydrogen-bond acceptors (Lipinski definition) is 5. The van der Waals surface area contributed by atoms with Gasteiger partial charge in [0, 0.05) is 12.8 Å². The molecule has 0 bridgehead atoms. The van der Waals surface area contributed by atoms with Gasteiger partial charge in [-0.25, -0.2) is 0 Å². The van der Waals surface area contributed by atoms with Crippen LogP contribution in [0.2, 0.25) is 0 Å². The van der Waals surface area contributed by atoms with Crippen molar-refractivity contribution >= 4 is 11.9 Å². The topological polar surface area (TPSA) is 95.9 Å². The largest absolute Gasteiger partial charge is 0.466 e. The summed E-state index contributed by atoms with van der Waals surface area (Å²) in [7, 11) is 0. The van der Waals surface area contributed by atoms with Gasteiger partial charge < -0.3 is 20.3 Å². The van der Waals surface area contributed by atoms with Crippen molar-refractivity contribution in [1.29, 1.82) is 0 Å². The first-order valence-corrected chi connectivity index (χ1v) is 41.4. The van der Waals surface area contributed by atoms with Crippen LogP contribution in [0.3, 0.4) is 0 Å². The van der Waals surface area contributed by atoms with Crippen molar-refractivity contribution in [2.75, 3.05) is 13.2 Å². The van der Waals surface area contributed by atoms with Crippen LogP contribution in [0.15, 0.2) is 12.2 Å². The van der Waals surface area contributed by atoms with Gasteiger partial charge in [0.1, 0.15) is 0 Å². The Bertz CT molecular complexity index is 1350. The van der Waals surface area contributed by atoms with Crippen LogP contribution in [0.5, 0.6) is 0 Å². The quantitative estimate of drug-likeness (QED) is 0.0320. The molecule has 530 valence electrons. The van der Waals surface area contributed by atoms with Crippen LogP contribution in [0.4, 0.5) is 0 Å². The van der Waals surface area contributed by atoms with Gasteiger partial charge in [-0.3, -0.25) is 9.59 Å². The number of carbonyl (C=O) groups excluding carboxylic acids is 2. The average Bonchev–Trinajstić information content (AvgIpc) is 3.64. The summed E-state index contributed by atoms with van der Waals surface area (Å²) in [6.07, 6.45) is 100. The monoisotopic (exact) mass is 1250 g/mol. The number of ether oxygens (including phenoxy) is 1. The Labute approximate surface area is 559 Å². The number of nitrogens with one attached hydrogen (secondary N) is 1. The highest BCUT2D eigenvalue weighted by Crippen LogP contribution is 2.21. The summed E-state index contributed by atoms with van der Waals surface area (Å²) in [6.45, 7) is 5.00. The molecule has 0 aliphatic heterocycles. The third-order valence-corrected chi connectivity index (χ3v) is 19.8. The van der Waals surface area contributed by atoms with Crippen molar-refractivity contribution in [3.05, 3.63) is 12.2 Å². The molecular weight excluding hydrogens is 1090 g/mol. The van der Waals surface area contributed by atoms with E-state index in [0.717, 1.165) is 44.9 Å². The number of carbonyl (C=O) groups is 2. The highest BCUT2D eigenvalue weighted by atomic mass is 16.5. The first kappa shape index (κ1) is 87.6. The van der Waals surface area contributed by atoms with Gasteiger partial charge in [0.25, 0.3) is 0 Å². The number of unbranched alkanes of at least 4 members (excludes halogenated alkanes) is 66. The van der Waals surface area contributed by atoms with Gasteiger partial charge in [0.15, 0.2) is 0 Å². The Balaban J connectivity index is 3.31. The Morgan fingerprint density at radius 3 is 0.809 bits per heavy atom. The van der Waals surface area contributed by atoms with Gasteiger partial charge in [-0.1, -0.05) is 431 Å². The molecule has 0 saturated carbocycles. The van der Waals surface area contributed by atoms with E-state index in [1.54, 1.807) is 0 Å². The zero-order chi connectivity index (χ0) is 64.2. The maximum absolute atomic E-state index is 12.6. The van der Waals surface area contributed by atoms with Crippen LogP contribution in [0.25, 0.3) is 0 Å². The van der Waals surface area contributed by atoms with Gasteiger partial charge in [-0.2, -0.15) is 0 Å². The minimum absolute atomic E-state index is 0.0145. The van der Waals surface area contributed by atoms with Gasteiger partial charge in [-0.15, -0.1) is 0 Å². The highest BCUT2D eigenvalue weighted by Gasteiger charge is 2.20. The lowest BCUT2D eigenvalue weighted by atomic mass is 10.0. The molecule has 0 aromatic carbocycles. The lowest BCUT2D eigenvalue weighted by Crippen LogP contribution is -2.45. The number of aliphatic hydroxyl groups excluding tert-OH is 2. The molecule has 89 heavy (non-hydrogen) atoms. The van der Waals surface area contributed by atoms with E-state index < -0.39 is 12.1 Å². The van der Waals surface area contributed by atoms with Crippen molar-refractivity contribution < 1.29 is 24.5 Å². The second kappa shape index (κ2) is 79.0. The number of allylic oxidation sites excluding steroid dienone is 2. The summed E-state index contributed by atoms with van der Waals surface area (Å²) in [5.41, 5.74) is 0. The highest BCUT2D eigenvalue weighted by molar-refractivity contribution is 5.76. The van der Waals surface area contributed by atoms with Crippen LogP contribution >= 0.6 is 0 Å². The summed E-state index contributed by atoms with van der Waals surface area (Å²) in [5.74, 6) is -0.00870. The van der Waals surface area contributed by atoms with Crippen LogP contribution in [-0.4, -0.2) is 47.4 Å². The fraction of sp³-hybridized carbons (Fsp3) is 0.952. The number of rotatable bonds is 79. The SMILES string of the molecule is CCCCCC/C=C\CCCCCCCC(=O)OCCCCCCCCCCCCCCCCCCCCCCCCCCCCCCCCCCCCCC(=O)NC(CO)C(O)CCCCCCCCCCCCCCCCCCCCCCCCCC. The Kier molecular flexibility index (Phi) is 77.8. The number of amides is 1. The summed E-state index contributed by atoms with van der Waals surface area (Å²) < 4.78 is 5.49. The molecule has 0 saturated heterocycles. The Hall–Kier alpha value is -1.40. The van der Waals surface area contributed by atoms with E-state index in [1.807, 2.05) is 0 Å². The molecule has 3 N–H and O–H groups in total.